The average molecular weight is 445 g/mol. The van der Waals surface area contributed by atoms with Crippen LogP contribution in [0.4, 0.5) is 5.69 Å². The van der Waals surface area contributed by atoms with Gasteiger partial charge in [-0.15, -0.1) is 0 Å². The number of fused-ring (bicyclic) bond motifs is 1. The van der Waals surface area contributed by atoms with Gasteiger partial charge in [0.05, 0.1) is 23.3 Å². The van der Waals surface area contributed by atoms with Crippen molar-refractivity contribution in [3.8, 4) is 11.5 Å². The molecule has 0 aliphatic rings. The van der Waals surface area contributed by atoms with Gasteiger partial charge in [-0.1, -0.05) is 11.6 Å². The summed E-state index contributed by atoms with van der Waals surface area (Å²) in [7, 11) is 0. The van der Waals surface area contributed by atoms with Gasteiger partial charge in [-0.2, -0.15) is 0 Å². The number of nitrogens with zero attached hydrogens (tertiary/aromatic N) is 1. The van der Waals surface area contributed by atoms with E-state index in [0.717, 1.165) is 14.8 Å². The van der Waals surface area contributed by atoms with Gasteiger partial charge < -0.3 is 19.9 Å². The van der Waals surface area contributed by atoms with E-state index in [1.54, 1.807) is 6.07 Å². The molecule has 0 saturated carbocycles. The van der Waals surface area contributed by atoms with Gasteiger partial charge in [0.1, 0.15) is 5.52 Å². The second kappa shape index (κ2) is 7.04. The highest BCUT2D eigenvalue weighted by atomic mass is 127. The summed E-state index contributed by atoms with van der Waals surface area (Å²) in [6, 6.07) is 11.1. The summed E-state index contributed by atoms with van der Waals surface area (Å²) in [5.41, 5.74) is 2.89. The molecule has 0 bridgehead atoms. The molecule has 7 heteroatoms. The Labute approximate surface area is 151 Å². The Morgan fingerprint density at radius 2 is 2.09 bits per heavy atom. The Balaban J connectivity index is 1.91. The van der Waals surface area contributed by atoms with E-state index in [4.69, 9.17) is 21.1 Å². The summed E-state index contributed by atoms with van der Waals surface area (Å²) in [4.78, 5) is 4.49. The van der Waals surface area contributed by atoms with Crippen molar-refractivity contribution in [1.82, 2.24) is 4.98 Å². The van der Waals surface area contributed by atoms with E-state index in [9.17, 15) is 5.11 Å². The van der Waals surface area contributed by atoms with Crippen molar-refractivity contribution in [3.05, 3.63) is 45.0 Å². The zero-order valence-electron chi connectivity index (χ0n) is 12.0. The number of rotatable bonds is 5. The van der Waals surface area contributed by atoms with E-state index in [-0.39, 0.29) is 13.2 Å². The molecular formula is C16H14ClIN2O3. The first-order chi connectivity index (χ1) is 11.1. The molecule has 2 aromatic carbocycles. The first kappa shape index (κ1) is 16.5. The molecule has 0 aliphatic heterocycles. The number of aromatic nitrogens is 1. The zero-order valence-corrected chi connectivity index (χ0v) is 14.9. The van der Waals surface area contributed by atoms with E-state index in [1.165, 1.54) is 0 Å². The van der Waals surface area contributed by atoms with Gasteiger partial charge >= 0.3 is 0 Å². The van der Waals surface area contributed by atoms with Gasteiger partial charge in [-0.05, 0) is 59.0 Å². The van der Waals surface area contributed by atoms with Crippen LogP contribution in [-0.4, -0.2) is 34.5 Å². The molecule has 1 atom stereocenters. The lowest BCUT2D eigenvalue weighted by Gasteiger charge is -2.09. The molecule has 0 saturated heterocycles. The third-order valence-corrected chi connectivity index (χ3v) is 4.30. The van der Waals surface area contributed by atoms with Gasteiger partial charge in [-0.3, -0.25) is 0 Å². The van der Waals surface area contributed by atoms with Gasteiger partial charge in [0, 0.05) is 15.8 Å². The summed E-state index contributed by atoms with van der Waals surface area (Å²) in [6.07, 6.45) is -0.802. The van der Waals surface area contributed by atoms with Gasteiger partial charge in [0.2, 0.25) is 5.89 Å². The standard InChI is InChI=1S/C16H14ClIN2O3/c17-13-3-1-9(18)5-12(13)16-20-14-6-10(2-4-15(14)23-16)19-7-11(22)8-21/h1-6,11,19,21-22H,7-8H2. The van der Waals surface area contributed by atoms with Crippen LogP contribution in [-0.2, 0) is 0 Å². The fourth-order valence-electron chi connectivity index (χ4n) is 2.11. The number of oxazole rings is 1. The number of aliphatic hydroxyl groups excluding tert-OH is 2. The van der Waals surface area contributed by atoms with Crippen molar-refractivity contribution in [3.63, 3.8) is 0 Å². The zero-order chi connectivity index (χ0) is 16.4. The Bertz CT molecular complexity index is 837. The van der Waals surface area contributed by atoms with E-state index in [0.29, 0.717) is 22.0 Å². The second-order valence-electron chi connectivity index (χ2n) is 5.04. The monoisotopic (exact) mass is 444 g/mol. The maximum absolute atomic E-state index is 9.38. The lowest BCUT2D eigenvalue weighted by atomic mass is 10.2. The quantitative estimate of drug-likeness (QED) is 0.525. The molecule has 1 unspecified atom stereocenters. The Kier molecular flexibility index (Phi) is 5.05. The summed E-state index contributed by atoms with van der Waals surface area (Å²) < 4.78 is 6.82. The molecule has 0 aliphatic carbocycles. The van der Waals surface area contributed by atoms with Crippen LogP contribution in [0.5, 0.6) is 0 Å². The number of nitrogens with one attached hydrogen (secondary N) is 1. The minimum atomic E-state index is -0.802. The van der Waals surface area contributed by atoms with Crippen LogP contribution in [0.15, 0.2) is 40.8 Å². The largest absolute Gasteiger partial charge is 0.436 e. The molecule has 3 aromatic rings. The molecule has 1 heterocycles. The third-order valence-electron chi connectivity index (χ3n) is 3.30. The molecule has 1 aromatic heterocycles. The Morgan fingerprint density at radius 1 is 1.26 bits per heavy atom. The highest BCUT2D eigenvalue weighted by molar-refractivity contribution is 14.1. The van der Waals surface area contributed by atoms with Crippen LogP contribution in [0.2, 0.25) is 5.02 Å². The third kappa shape index (κ3) is 3.77. The molecule has 3 N–H and O–H groups in total. The topological polar surface area (TPSA) is 78.5 Å². The predicted molar refractivity (Wildman–Crippen MR) is 98.8 cm³/mol. The summed E-state index contributed by atoms with van der Waals surface area (Å²) in [5, 5.41) is 21.8. The molecule has 0 amide bonds. The smallest absolute Gasteiger partial charge is 0.228 e. The number of hydrogen-bond acceptors (Lipinski definition) is 5. The lowest BCUT2D eigenvalue weighted by Crippen LogP contribution is -2.22. The number of halogens is 2. The fourth-order valence-corrected chi connectivity index (χ4v) is 2.80. The van der Waals surface area contributed by atoms with E-state index in [2.05, 4.69) is 32.9 Å². The highest BCUT2D eigenvalue weighted by Gasteiger charge is 2.13. The Hall–Kier alpha value is -1.35. The molecular weight excluding hydrogens is 431 g/mol. The first-order valence-corrected chi connectivity index (χ1v) is 8.41. The molecule has 0 fully saturated rings. The molecule has 23 heavy (non-hydrogen) atoms. The number of hydrogen-bond donors (Lipinski definition) is 3. The van der Waals surface area contributed by atoms with Crippen LogP contribution >= 0.6 is 34.2 Å². The van der Waals surface area contributed by atoms with Crippen LogP contribution in [0, 0.1) is 3.57 Å². The van der Waals surface area contributed by atoms with Gasteiger partial charge in [0.15, 0.2) is 5.58 Å². The highest BCUT2D eigenvalue weighted by Crippen LogP contribution is 2.32. The van der Waals surface area contributed by atoms with Crippen LogP contribution in [0.3, 0.4) is 0 Å². The van der Waals surface area contributed by atoms with Crippen molar-refractivity contribution in [2.45, 2.75) is 6.10 Å². The Morgan fingerprint density at radius 3 is 2.87 bits per heavy atom. The number of benzene rings is 2. The van der Waals surface area contributed by atoms with Crippen molar-refractivity contribution in [2.24, 2.45) is 0 Å². The molecule has 120 valence electrons. The number of aliphatic hydroxyl groups is 2. The van der Waals surface area contributed by atoms with Crippen molar-refractivity contribution in [2.75, 3.05) is 18.5 Å². The van der Waals surface area contributed by atoms with E-state index in [1.807, 2.05) is 30.3 Å². The summed E-state index contributed by atoms with van der Waals surface area (Å²) >= 11 is 8.43. The van der Waals surface area contributed by atoms with E-state index >= 15 is 0 Å². The van der Waals surface area contributed by atoms with Crippen molar-refractivity contribution < 1.29 is 14.6 Å². The SMILES string of the molecule is OCC(O)CNc1ccc2oc(-c3cc(I)ccc3Cl)nc2c1. The summed E-state index contributed by atoms with van der Waals surface area (Å²) in [5.74, 6) is 0.469. The van der Waals surface area contributed by atoms with Crippen LogP contribution in [0.25, 0.3) is 22.6 Å². The van der Waals surface area contributed by atoms with Crippen molar-refractivity contribution >= 4 is 51.0 Å². The predicted octanol–water partition coefficient (Wildman–Crippen LogP) is 3.52. The molecule has 0 radical (unpaired) electrons. The van der Waals surface area contributed by atoms with Gasteiger partial charge in [0.25, 0.3) is 0 Å². The summed E-state index contributed by atoms with van der Waals surface area (Å²) in [6.45, 7) is -0.0239. The maximum Gasteiger partial charge on any atom is 0.228 e. The molecule has 5 nitrogen and oxygen atoms in total. The average Bonchev–Trinajstić information content (AvgIpc) is 2.97. The maximum atomic E-state index is 9.38. The second-order valence-corrected chi connectivity index (χ2v) is 6.70. The lowest BCUT2D eigenvalue weighted by molar-refractivity contribution is 0.105. The first-order valence-electron chi connectivity index (χ1n) is 6.95. The minimum Gasteiger partial charge on any atom is -0.436 e. The molecule has 3 rings (SSSR count). The van der Waals surface area contributed by atoms with E-state index < -0.39 is 6.10 Å². The molecule has 0 spiro atoms. The number of anilines is 1. The van der Waals surface area contributed by atoms with Gasteiger partial charge in [-0.25, -0.2) is 4.98 Å². The fraction of sp³-hybridized carbons (Fsp3) is 0.188. The minimum absolute atomic E-state index is 0.259. The normalized spacial score (nSPS) is 12.5. The van der Waals surface area contributed by atoms with Crippen LogP contribution < -0.4 is 5.32 Å². The van der Waals surface area contributed by atoms with Crippen LogP contribution in [0.1, 0.15) is 0 Å². The van der Waals surface area contributed by atoms with Crippen molar-refractivity contribution in [1.29, 1.82) is 0 Å².